The molecule has 0 aromatic heterocycles. The Kier molecular flexibility index (Phi) is 7.26. The number of amides is 1. The zero-order valence-corrected chi connectivity index (χ0v) is 19.9. The van der Waals surface area contributed by atoms with Gasteiger partial charge in [0.05, 0.1) is 30.8 Å². The molecule has 2 aliphatic rings. The number of allylic oxidation sites excluding steroid dienone is 1. The number of amidine groups is 1. The molecule has 0 bridgehead atoms. The fourth-order valence-electron chi connectivity index (χ4n) is 3.89. The molecule has 0 aliphatic carbocycles. The highest BCUT2D eigenvalue weighted by Gasteiger charge is 2.41. The maximum absolute atomic E-state index is 12.8. The summed E-state index contributed by atoms with van der Waals surface area (Å²) in [6, 6.07) is 5.82. The summed E-state index contributed by atoms with van der Waals surface area (Å²) < 4.78 is 5.12. The van der Waals surface area contributed by atoms with Gasteiger partial charge in [-0.2, -0.15) is 0 Å². The lowest BCUT2D eigenvalue weighted by Gasteiger charge is -2.37. The van der Waals surface area contributed by atoms with Crippen LogP contribution in [0, 0.1) is 19.8 Å². The largest absolute Gasteiger partial charge is 0.466 e. The van der Waals surface area contributed by atoms with Crippen molar-refractivity contribution in [2.75, 3.05) is 13.7 Å². The number of rotatable bonds is 7. The summed E-state index contributed by atoms with van der Waals surface area (Å²) >= 11 is 1.49. The van der Waals surface area contributed by atoms with Crippen molar-refractivity contribution >= 4 is 28.8 Å². The van der Waals surface area contributed by atoms with Crippen molar-refractivity contribution < 1.29 is 14.3 Å². The minimum atomic E-state index is -0.400. The third-order valence-electron chi connectivity index (χ3n) is 5.51. The fourth-order valence-corrected chi connectivity index (χ4v) is 4.86. The number of carbonyl (C=O) groups excluding carboxylic acids is 2. The highest BCUT2D eigenvalue weighted by Crippen LogP contribution is 2.45. The predicted octanol–water partition coefficient (Wildman–Crippen LogP) is 4.60. The standard InChI is InChI=1S/C24H31N3O3S/c1-14(2)9-10-25-20(28)12-18-13-31-24-26-17(5)21(23(29)30-6)22(27(18)24)19-8-7-15(3)11-16(19)4/h7-8,11,13-14,22H,9-10,12H2,1-6H3,(H,25,28). The monoisotopic (exact) mass is 441 g/mol. The molecule has 3 rings (SSSR count). The van der Waals surface area contributed by atoms with Crippen molar-refractivity contribution in [2.45, 2.75) is 53.5 Å². The molecule has 2 aliphatic heterocycles. The smallest absolute Gasteiger partial charge is 0.338 e. The fraction of sp³-hybridized carbons (Fsp3) is 0.458. The number of methoxy groups -OCH3 is 1. The van der Waals surface area contributed by atoms with Crippen molar-refractivity contribution in [3.63, 3.8) is 0 Å². The Hall–Kier alpha value is -2.54. The van der Waals surface area contributed by atoms with Gasteiger partial charge in [0.15, 0.2) is 5.17 Å². The number of ether oxygens (including phenoxy) is 1. The average molecular weight is 442 g/mol. The van der Waals surface area contributed by atoms with Crippen LogP contribution in [0.15, 0.2) is 45.6 Å². The summed E-state index contributed by atoms with van der Waals surface area (Å²) in [6.45, 7) is 10.9. The highest BCUT2D eigenvalue weighted by molar-refractivity contribution is 8.16. The number of thioether (sulfide) groups is 1. The van der Waals surface area contributed by atoms with Gasteiger partial charge in [-0.1, -0.05) is 49.4 Å². The lowest BCUT2D eigenvalue weighted by atomic mass is 9.90. The highest BCUT2D eigenvalue weighted by atomic mass is 32.2. The van der Waals surface area contributed by atoms with Gasteiger partial charge in [-0.15, -0.1) is 0 Å². The molecule has 1 aromatic carbocycles. The lowest BCUT2D eigenvalue weighted by molar-refractivity contribution is -0.136. The van der Waals surface area contributed by atoms with E-state index in [-0.39, 0.29) is 18.4 Å². The molecule has 1 aromatic rings. The molecule has 1 atom stereocenters. The first-order valence-corrected chi connectivity index (χ1v) is 11.5. The lowest BCUT2D eigenvalue weighted by Crippen LogP contribution is -2.38. The number of fused-ring (bicyclic) bond motifs is 1. The Labute approximate surface area is 188 Å². The van der Waals surface area contributed by atoms with Crippen molar-refractivity contribution in [1.82, 2.24) is 10.2 Å². The molecule has 1 amide bonds. The van der Waals surface area contributed by atoms with Gasteiger partial charge in [-0.05, 0) is 49.6 Å². The second-order valence-corrected chi connectivity index (χ2v) is 9.29. The van der Waals surface area contributed by atoms with Crippen molar-refractivity contribution in [3.05, 3.63) is 57.3 Å². The van der Waals surface area contributed by atoms with Crippen LogP contribution in [-0.4, -0.2) is 35.6 Å². The molecular formula is C24H31N3O3S. The van der Waals surface area contributed by atoms with E-state index in [0.717, 1.165) is 34.0 Å². The van der Waals surface area contributed by atoms with Crippen LogP contribution in [0.5, 0.6) is 0 Å². The van der Waals surface area contributed by atoms with Gasteiger partial charge in [-0.3, -0.25) is 4.79 Å². The second kappa shape index (κ2) is 9.73. The van der Waals surface area contributed by atoms with E-state index in [2.05, 4.69) is 36.3 Å². The Morgan fingerprint density at radius 3 is 2.65 bits per heavy atom. The van der Waals surface area contributed by atoms with Gasteiger partial charge in [0.2, 0.25) is 5.91 Å². The number of hydrogen-bond donors (Lipinski definition) is 1. The first kappa shape index (κ1) is 23.1. The number of nitrogens with one attached hydrogen (secondary N) is 1. The summed E-state index contributed by atoms with van der Waals surface area (Å²) in [6.07, 6.45) is 1.18. The van der Waals surface area contributed by atoms with E-state index in [1.165, 1.54) is 18.9 Å². The number of aliphatic imine (C=N–C) groups is 1. The van der Waals surface area contributed by atoms with E-state index in [0.29, 0.717) is 23.7 Å². The molecule has 0 spiro atoms. The van der Waals surface area contributed by atoms with E-state index in [1.807, 2.05) is 37.1 Å². The van der Waals surface area contributed by atoms with E-state index >= 15 is 0 Å². The SMILES string of the molecule is COC(=O)C1=C(C)N=C2SC=C(CC(=O)NCCC(C)C)N2C1c1ccc(C)cc1C. The molecule has 0 fully saturated rings. The number of esters is 1. The normalized spacial score (nSPS) is 18.0. The third-order valence-corrected chi connectivity index (χ3v) is 6.40. The van der Waals surface area contributed by atoms with Gasteiger partial charge in [0, 0.05) is 12.2 Å². The zero-order valence-electron chi connectivity index (χ0n) is 19.1. The van der Waals surface area contributed by atoms with Crippen LogP contribution in [0.1, 0.15) is 56.3 Å². The van der Waals surface area contributed by atoms with Crippen LogP contribution < -0.4 is 5.32 Å². The molecule has 7 heteroatoms. The molecule has 0 radical (unpaired) electrons. The molecule has 0 saturated carbocycles. The number of carbonyl (C=O) groups is 2. The van der Waals surface area contributed by atoms with Crippen LogP contribution in [0.4, 0.5) is 0 Å². The van der Waals surface area contributed by atoms with E-state index in [4.69, 9.17) is 4.74 Å². The maximum Gasteiger partial charge on any atom is 0.338 e. The van der Waals surface area contributed by atoms with Gasteiger partial charge in [0.1, 0.15) is 0 Å². The van der Waals surface area contributed by atoms with Crippen LogP contribution >= 0.6 is 11.8 Å². The summed E-state index contributed by atoms with van der Waals surface area (Å²) in [4.78, 5) is 32.1. The summed E-state index contributed by atoms with van der Waals surface area (Å²) in [5.41, 5.74) is 5.23. The molecule has 166 valence electrons. The quantitative estimate of drug-likeness (QED) is 0.626. The van der Waals surface area contributed by atoms with Crippen LogP contribution in [0.3, 0.4) is 0 Å². The van der Waals surface area contributed by atoms with Crippen molar-refractivity contribution in [2.24, 2.45) is 10.9 Å². The zero-order chi connectivity index (χ0) is 22.7. The first-order chi connectivity index (χ1) is 14.7. The Bertz CT molecular complexity index is 978. The number of benzene rings is 1. The van der Waals surface area contributed by atoms with Crippen LogP contribution in [0.25, 0.3) is 0 Å². The number of hydrogen-bond acceptors (Lipinski definition) is 6. The van der Waals surface area contributed by atoms with Crippen molar-refractivity contribution in [3.8, 4) is 0 Å². The Morgan fingerprint density at radius 1 is 1.26 bits per heavy atom. The van der Waals surface area contributed by atoms with Gasteiger partial charge in [-0.25, -0.2) is 9.79 Å². The molecule has 0 saturated heterocycles. The Morgan fingerprint density at radius 2 is 2.00 bits per heavy atom. The van der Waals surface area contributed by atoms with E-state index in [9.17, 15) is 9.59 Å². The van der Waals surface area contributed by atoms with Crippen LogP contribution in [-0.2, 0) is 14.3 Å². The maximum atomic E-state index is 12.8. The van der Waals surface area contributed by atoms with Gasteiger partial charge >= 0.3 is 5.97 Å². The van der Waals surface area contributed by atoms with E-state index in [1.54, 1.807) is 0 Å². The molecule has 1 unspecified atom stereocenters. The van der Waals surface area contributed by atoms with E-state index < -0.39 is 5.97 Å². The van der Waals surface area contributed by atoms with Crippen molar-refractivity contribution in [1.29, 1.82) is 0 Å². The second-order valence-electron chi connectivity index (χ2n) is 8.45. The summed E-state index contributed by atoms with van der Waals surface area (Å²) in [7, 11) is 1.39. The molecule has 2 heterocycles. The average Bonchev–Trinajstić information content (AvgIpc) is 3.08. The number of nitrogens with zero attached hydrogens (tertiary/aromatic N) is 2. The number of aryl methyl sites for hydroxylation is 2. The first-order valence-electron chi connectivity index (χ1n) is 10.6. The summed E-state index contributed by atoms with van der Waals surface area (Å²) in [5, 5.41) is 5.75. The topological polar surface area (TPSA) is 71.0 Å². The minimum absolute atomic E-state index is 0.0287. The molecule has 1 N–H and O–H groups in total. The van der Waals surface area contributed by atoms with Gasteiger partial charge in [0.25, 0.3) is 0 Å². The Balaban J connectivity index is 1.96. The molecular weight excluding hydrogens is 410 g/mol. The van der Waals surface area contributed by atoms with Crippen LogP contribution in [0.2, 0.25) is 0 Å². The molecule has 6 nitrogen and oxygen atoms in total. The molecule has 31 heavy (non-hydrogen) atoms. The summed E-state index contributed by atoms with van der Waals surface area (Å²) in [5.74, 6) is 0.105. The minimum Gasteiger partial charge on any atom is -0.466 e. The predicted molar refractivity (Wildman–Crippen MR) is 125 cm³/mol. The third kappa shape index (κ3) is 5.03. The van der Waals surface area contributed by atoms with Gasteiger partial charge < -0.3 is 15.0 Å².